The largest absolute Gasteiger partial charge is 0.489 e. The van der Waals surface area contributed by atoms with Gasteiger partial charge < -0.3 is 41.2 Å². The molecule has 11 nitrogen and oxygen atoms in total. The van der Waals surface area contributed by atoms with Crippen molar-refractivity contribution in [3.63, 3.8) is 0 Å². The lowest BCUT2D eigenvalue weighted by Crippen LogP contribution is -2.38. The molecule has 2 aliphatic heterocycles. The van der Waals surface area contributed by atoms with E-state index in [0.29, 0.717) is 6.61 Å². The Balaban J connectivity index is 0.000000179. The summed E-state index contributed by atoms with van der Waals surface area (Å²) in [4.78, 5) is 26.7. The Labute approximate surface area is 263 Å². The number of morpholine rings is 2. The van der Waals surface area contributed by atoms with Gasteiger partial charge in [0.15, 0.2) is 0 Å². The molecular formula is C34H42N6O5. The molecule has 11 heteroatoms. The maximum Gasteiger partial charge on any atom is 0.236 e. The summed E-state index contributed by atoms with van der Waals surface area (Å²) in [6.45, 7) is 8.21. The van der Waals surface area contributed by atoms with Gasteiger partial charge in [0.2, 0.25) is 11.8 Å². The van der Waals surface area contributed by atoms with Gasteiger partial charge in [-0.2, -0.15) is 0 Å². The molecule has 238 valence electrons. The van der Waals surface area contributed by atoms with Gasteiger partial charge >= 0.3 is 0 Å². The quantitative estimate of drug-likeness (QED) is 0.200. The highest BCUT2D eigenvalue weighted by Gasteiger charge is 2.18. The molecule has 0 unspecified atom stereocenters. The average Bonchev–Trinajstić information content (AvgIpc) is 3.07. The van der Waals surface area contributed by atoms with Crippen LogP contribution in [0.4, 0.5) is 17.1 Å². The lowest BCUT2D eigenvalue weighted by atomic mass is 10.1. The predicted octanol–water partition coefficient (Wildman–Crippen LogP) is 3.02. The molecule has 2 aliphatic rings. The molecule has 0 bridgehead atoms. The van der Waals surface area contributed by atoms with Crippen molar-refractivity contribution in [2.45, 2.75) is 0 Å². The standard InChI is InChI=1S/C18H23N3O3.C16H19N3O2/c19-17(22)13-20-16-6-5-14-3-1-2-4-15(14)18(16)24-12-9-21-7-10-23-11-8-21;17-15(20)11-18-14-6-5-12-3-1-2-4-13(12)16(14)19-7-9-21-10-8-19/h1-6,20H,7-13H2,(H2,19,22);1-6,18H,7-11H2,(H2,17,20). The van der Waals surface area contributed by atoms with Gasteiger partial charge in [-0.15, -0.1) is 0 Å². The zero-order valence-corrected chi connectivity index (χ0v) is 25.5. The van der Waals surface area contributed by atoms with E-state index in [9.17, 15) is 9.59 Å². The van der Waals surface area contributed by atoms with E-state index in [4.69, 9.17) is 25.7 Å². The summed E-state index contributed by atoms with van der Waals surface area (Å²) in [7, 11) is 0. The monoisotopic (exact) mass is 614 g/mol. The maximum atomic E-state index is 11.1. The summed E-state index contributed by atoms with van der Waals surface area (Å²) >= 11 is 0. The zero-order chi connectivity index (χ0) is 31.4. The minimum Gasteiger partial charge on any atom is -0.489 e. The van der Waals surface area contributed by atoms with Crippen LogP contribution in [0.1, 0.15) is 0 Å². The molecule has 2 amide bonds. The van der Waals surface area contributed by atoms with Gasteiger partial charge in [-0.3, -0.25) is 14.5 Å². The number of nitrogens with two attached hydrogens (primary N) is 2. The lowest BCUT2D eigenvalue weighted by molar-refractivity contribution is -0.117. The topological polar surface area (TPSA) is 144 Å². The normalized spacial score (nSPS) is 15.2. The molecule has 6 N–H and O–H groups in total. The number of benzene rings is 4. The molecule has 2 heterocycles. The Morgan fingerprint density at radius 1 is 0.689 bits per heavy atom. The summed E-state index contributed by atoms with van der Waals surface area (Å²) < 4.78 is 16.9. The van der Waals surface area contributed by atoms with E-state index in [0.717, 1.165) is 92.7 Å². The highest BCUT2D eigenvalue weighted by atomic mass is 16.5. The van der Waals surface area contributed by atoms with Crippen LogP contribution in [0.5, 0.6) is 5.75 Å². The molecule has 6 rings (SSSR count). The van der Waals surface area contributed by atoms with Crippen LogP contribution in [0.25, 0.3) is 21.5 Å². The van der Waals surface area contributed by atoms with Crippen molar-refractivity contribution in [1.29, 1.82) is 0 Å². The number of hydrogen-bond acceptors (Lipinski definition) is 9. The third kappa shape index (κ3) is 8.75. The van der Waals surface area contributed by atoms with Crippen molar-refractivity contribution in [1.82, 2.24) is 4.90 Å². The second-order valence-corrected chi connectivity index (χ2v) is 10.9. The Bertz CT molecular complexity index is 1590. The van der Waals surface area contributed by atoms with Crippen molar-refractivity contribution in [3.05, 3.63) is 72.8 Å². The van der Waals surface area contributed by atoms with Crippen LogP contribution in [0.15, 0.2) is 72.8 Å². The Kier molecular flexibility index (Phi) is 11.3. The Morgan fingerprint density at radius 2 is 1.22 bits per heavy atom. The molecule has 0 atom stereocenters. The third-order valence-corrected chi connectivity index (χ3v) is 7.77. The molecule has 0 saturated carbocycles. The number of fused-ring (bicyclic) bond motifs is 2. The molecule has 2 saturated heterocycles. The number of nitrogens with one attached hydrogen (secondary N) is 2. The Morgan fingerprint density at radius 3 is 1.87 bits per heavy atom. The second kappa shape index (κ2) is 15.9. The van der Waals surface area contributed by atoms with Crippen LogP contribution in [0.2, 0.25) is 0 Å². The van der Waals surface area contributed by atoms with E-state index in [1.807, 2.05) is 54.6 Å². The molecule has 0 aliphatic carbocycles. The van der Waals surface area contributed by atoms with E-state index in [1.54, 1.807) is 0 Å². The summed E-state index contributed by atoms with van der Waals surface area (Å²) in [6, 6.07) is 24.3. The second-order valence-electron chi connectivity index (χ2n) is 10.9. The fourth-order valence-corrected chi connectivity index (χ4v) is 5.53. The molecule has 0 aromatic heterocycles. The summed E-state index contributed by atoms with van der Waals surface area (Å²) in [5.74, 6) is 0.00104. The van der Waals surface area contributed by atoms with Gasteiger partial charge in [0.25, 0.3) is 0 Å². The Hall–Kier alpha value is -4.58. The number of ether oxygens (including phenoxy) is 3. The van der Waals surface area contributed by atoms with Gasteiger partial charge in [-0.25, -0.2) is 0 Å². The SMILES string of the molecule is NC(=O)CNc1ccc2ccccc2c1N1CCOCC1.NC(=O)CNc1ccc2ccccc2c1OCCN1CCOCC1. The van der Waals surface area contributed by atoms with Crippen molar-refractivity contribution in [2.24, 2.45) is 11.5 Å². The highest BCUT2D eigenvalue weighted by molar-refractivity contribution is 6.01. The summed E-state index contributed by atoms with van der Waals surface area (Å²) in [5, 5.41) is 10.7. The minimum atomic E-state index is -0.401. The molecular weight excluding hydrogens is 572 g/mol. The van der Waals surface area contributed by atoms with Gasteiger partial charge in [-0.05, 0) is 22.9 Å². The fraction of sp³-hybridized carbons (Fsp3) is 0.353. The van der Waals surface area contributed by atoms with E-state index in [-0.39, 0.29) is 19.0 Å². The number of rotatable bonds is 11. The highest BCUT2D eigenvalue weighted by Crippen LogP contribution is 2.35. The summed E-state index contributed by atoms with van der Waals surface area (Å²) in [5.41, 5.74) is 13.3. The van der Waals surface area contributed by atoms with Crippen LogP contribution in [-0.2, 0) is 19.1 Å². The van der Waals surface area contributed by atoms with E-state index in [2.05, 4.69) is 38.6 Å². The van der Waals surface area contributed by atoms with Crippen LogP contribution in [0, 0.1) is 0 Å². The van der Waals surface area contributed by atoms with Crippen molar-refractivity contribution >= 4 is 50.4 Å². The van der Waals surface area contributed by atoms with Crippen molar-refractivity contribution in [3.8, 4) is 5.75 Å². The maximum absolute atomic E-state index is 11.1. The van der Waals surface area contributed by atoms with Gasteiger partial charge in [-0.1, -0.05) is 60.7 Å². The molecule has 0 radical (unpaired) electrons. The van der Waals surface area contributed by atoms with Gasteiger partial charge in [0.1, 0.15) is 12.4 Å². The zero-order valence-electron chi connectivity index (χ0n) is 25.5. The van der Waals surface area contributed by atoms with Crippen molar-refractivity contribution < 1.29 is 23.8 Å². The van der Waals surface area contributed by atoms with Crippen LogP contribution in [-0.4, -0.2) is 95.6 Å². The number of anilines is 3. The number of primary amides is 2. The van der Waals surface area contributed by atoms with Crippen LogP contribution in [0.3, 0.4) is 0 Å². The average molecular weight is 615 g/mol. The first-order chi connectivity index (χ1) is 22.0. The first-order valence-electron chi connectivity index (χ1n) is 15.3. The number of hydrogen-bond donors (Lipinski definition) is 4. The number of nitrogens with zero attached hydrogens (tertiary/aromatic N) is 2. The van der Waals surface area contributed by atoms with E-state index < -0.39 is 5.91 Å². The van der Waals surface area contributed by atoms with Crippen LogP contribution >= 0.6 is 0 Å². The lowest BCUT2D eigenvalue weighted by Gasteiger charge is -2.31. The first-order valence-corrected chi connectivity index (χ1v) is 15.3. The smallest absolute Gasteiger partial charge is 0.236 e. The summed E-state index contributed by atoms with van der Waals surface area (Å²) in [6.07, 6.45) is 0. The molecule has 4 aromatic rings. The number of carbonyl (C=O) groups is 2. The minimum absolute atomic E-state index is 0.0815. The third-order valence-electron chi connectivity index (χ3n) is 7.77. The fourth-order valence-electron chi connectivity index (χ4n) is 5.53. The van der Waals surface area contributed by atoms with E-state index >= 15 is 0 Å². The van der Waals surface area contributed by atoms with E-state index in [1.165, 1.54) is 10.8 Å². The number of amides is 2. The van der Waals surface area contributed by atoms with Gasteiger partial charge in [0.05, 0.1) is 56.6 Å². The predicted molar refractivity (Wildman–Crippen MR) is 179 cm³/mol. The molecule has 0 spiro atoms. The molecule has 45 heavy (non-hydrogen) atoms. The first kappa shape index (κ1) is 31.8. The number of carbonyl (C=O) groups excluding carboxylic acids is 2. The molecule has 4 aromatic carbocycles. The van der Waals surface area contributed by atoms with Crippen LogP contribution < -0.4 is 31.7 Å². The van der Waals surface area contributed by atoms with Crippen molar-refractivity contribution in [2.75, 3.05) is 94.4 Å². The van der Waals surface area contributed by atoms with Gasteiger partial charge in [0, 0.05) is 43.5 Å². The molecule has 2 fully saturated rings.